The maximum absolute atomic E-state index is 5.50. The first-order valence-corrected chi connectivity index (χ1v) is 6.60. The molecule has 0 saturated heterocycles. The highest BCUT2D eigenvalue weighted by Crippen LogP contribution is 2.37. The molecule has 0 amide bonds. The first-order valence-electron chi connectivity index (χ1n) is 6.60. The van der Waals surface area contributed by atoms with Gasteiger partial charge in [0.15, 0.2) is 0 Å². The molecule has 2 heteroatoms. The second kappa shape index (κ2) is 5.65. The van der Waals surface area contributed by atoms with Crippen LogP contribution in [0.2, 0.25) is 0 Å². The lowest BCUT2D eigenvalue weighted by Gasteiger charge is -2.39. The lowest BCUT2D eigenvalue weighted by molar-refractivity contribution is 0.116. The van der Waals surface area contributed by atoms with Gasteiger partial charge in [-0.05, 0) is 36.9 Å². The average Bonchev–Trinajstić information content (AvgIpc) is 2.37. The van der Waals surface area contributed by atoms with E-state index in [0.717, 1.165) is 19.7 Å². The summed E-state index contributed by atoms with van der Waals surface area (Å²) in [5.41, 5.74) is 3.18. The molecule has 1 aromatic carbocycles. The van der Waals surface area contributed by atoms with Crippen LogP contribution < -0.4 is 5.32 Å². The van der Waals surface area contributed by atoms with Gasteiger partial charge in [0.2, 0.25) is 0 Å². The van der Waals surface area contributed by atoms with Gasteiger partial charge in [-0.1, -0.05) is 31.2 Å². The van der Waals surface area contributed by atoms with Crippen LogP contribution in [-0.4, -0.2) is 26.8 Å². The largest absolute Gasteiger partial charge is 0.384 e. The number of benzene rings is 1. The van der Waals surface area contributed by atoms with Crippen molar-refractivity contribution in [1.29, 1.82) is 0 Å². The van der Waals surface area contributed by atoms with Crippen LogP contribution in [0.5, 0.6) is 0 Å². The number of rotatable bonds is 5. The van der Waals surface area contributed by atoms with E-state index >= 15 is 0 Å². The van der Waals surface area contributed by atoms with Crippen LogP contribution in [0.4, 0.5) is 0 Å². The third-order valence-electron chi connectivity index (χ3n) is 3.82. The summed E-state index contributed by atoms with van der Waals surface area (Å²) in [6.07, 6.45) is 3.71. The highest BCUT2D eigenvalue weighted by Gasteiger charge is 2.35. The SMILES string of the molecule is CCNCC1(COC)CCCc2ccccc21. The van der Waals surface area contributed by atoms with Crippen molar-refractivity contribution in [2.75, 3.05) is 26.8 Å². The third kappa shape index (κ3) is 2.53. The van der Waals surface area contributed by atoms with E-state index in [-0.39, 0.29) is 5.41 Å². The van der Waals surface area contributed by atoms with E-state index < -0.39 is 0 Å². The summed E-state index contributed by atoms with van der Waals surface area (Å²) in [6.45, 7) is 5.02. The zero-order valence-corrected chi connectivity index (χ0v) is 11.0. The molecule has 1 atom stereocenters. The van der Waals surface area contributed by atoms with Crippen molar-refractivity contribution in [3.8, 4) is 0 Å². The molecule has 0 radical (unpaired) electrons. The molecule has 1 unspecified atom stereocenters. The first-order chi connectivity index (χ1) is 8.32. The second-order valence-electron chi connectivity index (χ2n) is 5.00. The Hall–Kier alpha value is -0.860. The minimum Gasteiger partial charge on any atom is -0.384 e. The molecule has 0 heterocycles. The summed E-state index contributed by atoms with van der Waals surface area (Å²) in [5, 5.41) is 3.50. The third-order valence-corrected chi connectivity index (χ3v) is 3.82. The smallest absolute Gasteiger partial charge is 0.0571 e. The highest BCUT2D eigenvalue weighted by atomic mass is 16.5. The van der Waals surface area contributed by atoms with Crippen LogP contribution in [0.25, 0.3) is 0 Å². The van der Waals surface area contributed by atoms with Crippen molar-refractivity contribution in [3.63, 3.8) is 0 Å². The molecule has 94 valence electrons. The van der Waals surface area contributed by atoms with Gasteiger partial charge >= 0.3 is 0 Å². The van der Waals surface area contributed by atoms with Crippen LogP contribution in [0.1, 0.15) is 30.9 Å². The van der Waals surface area contributed by atoms with Gasteiger partial charge in [0, 0.05) is 19.1 Å². The first kappa shape index (κ1) is 12.6. The Morgan fingerprint density at radius 3 is 2.94 bits per heavy atom. The summed E-state index contributed by atoms with van der Waals surface area (Å²) in [5.74, 6) is 0. The molecule has 1 aromatic rings. The van der Waals surface area contributed by atoms with Crippen molar-refractivity contribution in [2.45, 2.75) is 31.6 Å². The molecule has 1 aliphatic carbocycles. The topological polar surface area (TPSA) is 21.3 Å². The summed E-state index contributed by atoms with van der Waals surface area (Å²) in [4.78, 5) is 0. The summed E-state index contributed by atoms with van der Waals surface area (Å²) < 4.78 is 5.50. The lowest BCUT2D eigenvalue weighted by Crippen LogP contribution is -2.44. The standard InChI is InChI=1S/C15H23NO/c1-3-16-11-15(12-17-2)10-6-8-13-7-4-5-9-14(13)15/h4-5,7,9,16H,3,6,8,10-12H2,1-2H3. The number of hydrogen-bond donors (Lipinski definition) is 1. The molecule has 0 fully saturated rings. The van der Waals surface area contributed by atoms with Crippen molar-refractivity contribution in [3.05, 3.63) is 35.4 Å². The molecule has 2 nitrogen and oxygen atoms in total. The molecule has 0 spiro atoms. The molecule has 0 aliphatic heterocycles. The zero-order valence-electron chi connectivity index (χ0n) is 11.0. The monoisotopic (exact) mass is 233 g/mol. The summed E-state index contributed by atoms with van der Waals surface area (Å²) in [7, 11) is 1.81. The predicted octanol–water partition coefficient (Wildman–Crippen LogP) is 2.52. The Balaban J connectivity index is 2.32. The van der Waals surface area contributed by atoms with Gasteiger partial charge in [-0.2, -0.15) is 0 Å². The van der Waals surface area contributed by atoms with Crippen molar-refractivity contribution in [2.24, 2.45) is 0 Å². The molecule has 2 rings (SSSR count). The van der Waals surface area contributed by atoms with E-state index in [1.807, 2.05) is 7.11 Å². The number of methoxy groups -OCH3 is 1. The van der Waals surface area contributed by atoms with Gasteiger partial charge in [-0.15, -0.1) is 0 Å². The number of aryl methyl sites for hydroxylation is 1. The Morgan fingerprint density at radius 2 is 2.18 bits per heavy atom. The van der Waals surface area contributed by atoms with Crippen molar-refractivity contribution < 1.29 is 4.74 Å². The van der Waals surface area contributed by atoms with Gasteiger partial charge in [-0.3, -0.25) is 0 Å². The Morgan fingerprint density at radius 1 is 1.35 bits per heavy atom. The molecule has 0 bridgehead atoms. The molecule has 1 N–H and O–H groups in total. The van der Waals surface area contributed by atoms with E-state index in [9.17, 15) is 0 Å². The summed E-state index contributed by atoms with van der Waals surface area (Å²) in [6, 6.07) is 8.85. The number of hydrogen-bond acceptors (Lipinski definition) is 2. The molecular weight excluding hydrogens is 210 g/mol. The molecule has 0 saturated carbocycles. The molecular formula is C15H23NO. The van der Waals surface area contributed by atoms with Gasteiger partial charge in [-0.25, -0.2) is 0 Å². The Bertz CT molecular complexity index is 364. The minimum atomic E-state index is 0.180. The highest BCUT2D eigenvalue weighted by molar-refractivity contribution is 5.37. The van der Waals surface area contributed by atoms with Crippen molar-refractivity contribution in [1.82, 2.24) is 5.32 Å². The molecule has 0 aromatic heterocycles. The fourth-order valence-electron chi connectivity index (χ4n) is 3.03. The lowest BCUT2D eigenvalue weighted by atomic mass is 9.70. The fraction of sp³-hybridized carbons (Fsp3) is 0.600. The fourth-order valence-corrected chi connectivity index (χ4v) is 3.03. The second-order valence-corrected chi connectivity index (χ2v) is 5.00. The van der Waals surface area contributed by atoms with Crippen LogP contribution in [0, 0.1) is 0 Å². The zero-order chi connectivity index (χ0) is 12.1. The number of nitrogens with one attached hydrogen (secondary N) is 1. The van der Waals surface area contributed by atoms with Gasteiger partial charge < -0.3 is 10.1 Å². The Kier molecular flexibility index (Phi) is 4.19. The number of fused-ring (bicyclic) bond motifs is 1. The summed E-state index contributed by atoms with van der Waals surface area (Å²) >= 11 is 0. The van der Waals surface area contributed by atoms with E-state index in [1.165, 1.54) is 30.4 Å². The van der Waals surface area contributed by atoms with E-state index in [4.69, 9.17) is 4.74 Å². The van der Waals surface area contributed by atoms with Crippen LogP contribution in [0.15, 0.2) is 24.3 Å². The average molecular weight is 233 g/mol. The van der Waals surface area contributed by atoms with Gasteiger partial charge in [0.05, 0.1) is 6.61 Å². The Labute approximate surface area is 104 Å². The van der Waals surface area contributed by atoms with Gasteiger partial charge in [0.1, 0.15) is 0 Å². The normalized spacial score (nSPS) is 23.4. The van der Waals surface area contributed by atoms with E-state index in [2.05, 4.69) is 36.5 Å². The number of ether oxygens (including phenoxy) is 1. The maximum atomic E-state index is 5.50. The molecule has 1 aliphatic rings. The quantitative estimate of drug-likeness (QED) is 0.844. The van der Waals surface area contributed by atoms with Crippen LogP contribution in [0.3, 0.4) is 0 Å². The predicted molar refractivity (Wildman–Crippen MR) is 71.5 cm³/mol. The van der Waals surface area contributed by atoms with E-state index in [0.29, 0.717) is 0 Å². The van der Waals surface area contributed by atoms with Gasteiger partial charge in [0.25, 0.3) is 0 Å². The van der Waals surface area contributed by atoms with E-state index in [1.54, 1.807) is 0 Å². The molecule has 17 heavy (non-hydrogen) atoms. The maximum Gasteiger partial charge on any atom is 0.0571 e. The van der Waals surface area contributed by atoms with Crippen LogP contribution in [-0.2, 0) is 16.6 Å². The minimum absolute atomic E-state index is 0.180. The van der Waals surface area contributed by atoms with Crippen LogP contribution >= 0.6 is 0 Å². The van der Waals surface area contributed by atoms with Crippen molar-refractivity contribution >= 4 is 0 Å². The number of likely N-dealkylation sites (N-methyl/N-ethyl adjacent to an activating group) is 1.